The van der Waals surface area contributed by atoms with E-state index < -0.39 is 0 Å². The van der Waals surface area contributed by atoms with E-state index >= 15 is 0 Å². The van der Waals surface area contributed by atoms with Gasteiger partial charge in [0.15, 0.2) is 6.10 Å². The van der Waals surface area contributed by atoms with Crippen LogP contribution in [-0.2, 0) is 11.3 Å². The number of benzene rings is 2. The molecule has 20 heavy (non-hydrogen) atoms. The van der Waals surface area contributed by atoms with Crippen molar-refractivity contribution in [3.8, 4) is 5.75 Å². The fourth-order valence-corrected chi connectivity index (χ4v) is 2.46. The third kappa shape index (κ3) is 2.27. The zero-order chi connectivity index (χ0) is 13.9. The summed E-state index contributed by atoms with van der Waals surface area (Å²) in [5.74, 6) is 0.824. The molecule has 0 N–H and O–H groups in total. The maximum absolute atomic E-state index is 12.5. The number of fused-ring (bicyclic) bond motifs is 1. The molecule has 0 saturated carbocycles. The molecule has 0 aromatic heterocycles. The van der Waals surface area contributed by atoms with Crippen LogP contribution in [0.15, 0.2) is 54.6 Å². The molecule has 0 aliphatic carbocycles. The van der Waals surface area contributed by atoms with Crippen LogP contribution in [0.3, 0.4) is 0 Å². The van der Waals surface area contributed by atoms with Crippen LogP contribution in [0.4, 0.5) is 5.69 Å². The second-order valence-corrected chi connectivity index (χ2v) is 4.89. The van der Waals surface area contributed by atoms with Gasteiger partial charge in [0, 0.05) is 0 Å². The number of amides is 1. The molecule has 0 spiro atoms. The van der Waals surface area contributed by atoms with Crippen molar-refractivity contribution in [1.82, 2.24) is 0 Å². The molecule has 1 aliphatic heterocycles. The summed E-state index contributed by atoms with van der Waals surface area (Å²) in [6.07, 6.45) is 0.298. The van der Waals surface area contributed by atoms with Crippen molar-refractivity contribution < 1.29 is 9.53 Å². The maximum atomic E-state index is 12.5. The Balaban J connectivity index is 1.97. The minimum Gasteiger partial charge on any atom is -0.478 e. The van der Waals surface area contributed by atoms with Crippen molar-refractivity contribution in [3.05, 3.63) is 60.2 Å². The van der Waals surface area contributed by atoms with Crippen molar-refractivity contribution in [1.29, 1.82) is 0 Å². The van der Waals surface area contributed by atoms with Crippen molar-refractivity contribution in [2.75, 3.05) is 4.90 Å². The number of para-hydroxylation sites is 2. The highest BCUT2D eigenvalue weighted by atomic mass is 16.5. The minimum atomic E-state index is -0.381. The lowest BCUT2D eigenvalue weighted by Crippen LogP contribution is -2.45. The van der Waals surface area contributed by atoms with Crippen molar-refractivity contribution in [2.45, 2.75) is 26.0 Å². The highest BCUT2D eigenvalue weighted by Gasteiger charge is 2.32. The van der Waals surface area contributed by atoms with Crippen LogP contribution >= 0.6 is 0 Å². The molecular formula is C17H17NO2. The highest BCUT2D eigenvalue weighted by Crippen LogP contribution is 2.35. The van der Waals surface area contributed by atoms with Gasteiger partial charge in [0.1, 0.15) is 5.75 Å². The van der Waals surface area contributed by atoms with E-state index in [0.29, 0.717) is 13.0 Å². The van der Waals surface area contributed by atoms with Crippen LogP contribution in [-0.4, -0.2) is 12.0 Å². The normalized spacial score (nSPS) is 17.6. The van der Waals surface area contributed by atoms with Crippen molar-refractivity contribution in [3.63, 3.8) is 0 Å². The van der Waals surface area contributed by atoms with Crippen LogP contribution in [0.2, 0.25) is 0 Å². The lowest BCUT2D eigenvalue weighted by Gasteiger charge is -2.34. The largest absolute Gasteiger partial charge is 0.478 e. The summed E-state index contributed by atoms with van der Waals surface area (Å²) in [4.78, 5) is 14.3. The number of carbonyl (C=O) groups excluding carboxylic acids is 1. The third-order valence-corrected chi connectivity index (χ3v) is 3.52. The van der Waals surface area contributed by atoms with E-state index in [9.17, 15) is 4.79 Å². The third-order valence-electron chi connectivity index (χ3n) is 3.52. The Labute approximate surface area is 118 Å². The minimum absolute atomic E-state index is 0.0371. The fourth-order valence-electron chi connectivity index (χ4n) is 2.46. The fraction of sp³-hybridized carbons (Fsp3) is 0.235. The molecule has 1 unspecified atom stereocenters. The molecule has 0 bridgehead atoms. The maximum Gasteiger partial charge on any atom is 0.268 e. The summed E-state index contributed by atoms with van der Waals surface area (Å²) < 4.78 is 5.77. The van der Waals surface area contributed by atoms with E-state index in [1.165, 1.54) is 0 Å². The molecule has 1 atom stereocenters. The Morgan fingerprint density at radius 3 is 2.50 bits per heavy atom. The van der Waals surface area contributed by atoms with Gasteiger partial charge in [-0.1, -0.05) is 49.4 Å². The van der Waals surface area contributed by atoms with Crippen LogP contribution in [0.25, 0.3) is 0 Å². The molecule has 1 amide bonds. The van der Waals surface area contributed by atoms with Gasteiger partial charge in [-0.2, -0.15) is 0 Å². The van der Waals surface area contributed by atoms with Crippen LogP contribution < -0.4 is 9.64 Å². The molecule has 0 fully saturated rings. The lowest BCUT2D eigenvalue weighted by molar-refractivity contribution is -0.126. The molecule has 1 heterocycles. The molecule has 3 nitrogen and oxygen atoms in total. The number of rotatable bonds is 3. The standard InChI is InChI=1S/C17H17NO2/c1-2-15-17(19)18(12-13-8-4-3-5-9-13)14-10-6-7-11-16(14)20-15/h3-11,15H,2,12H2,1H3. The van der Waals surface area contributed by atoms with E-state index in [-0.39, 0.29) is 12.0 Å². The average molecular weight is 267 g/mol. The monoisotopic (exact) mass is 267 g/mol. The second-order valence-electron chi connectivity index (χ2n) is 4.89. The molecule has 0 radical (unpaired) electrons. The van der Waals surface area contributed by atoms with Gasteiger partial charge in [-0.3, -0.25) is 4.79 Å². The quantitative estimate of drug-likeness (QED) is 0.853. The van der Waals surface area contributed by atoms with E-state index in [0.717, 1.165) is 17.0 Å². The molecule has 2 aromatic carbocycles. The molecule has 3 rings (SSSR count). The number of ether oxygens (including phenoxy) is 1. The summed E-state index contributed by atoms with van der Waals surface area (Å²) in [6, 6.07) is 17.7. The molecule has 2 aromatic rings. The van der Waals surface area contributed by atoms with Crippen molar-refractivity contribution >= 4 is 11.6 Å². The number of hydrogen-bond donors (Lipinski definition) is 0. The summed E-state index contributed by atoms with van der Waals surface area (Å²) >= 11 is 0. The van der Waals surface area contributed by atoms with Gasteiger partial charge in [0.25, 0.3) is 5.91 Å². The summed E-state index contributed by atoms with van der Waals surface area (Å²) in [5, 5.41) is 0. The smallest absolute Gasteiger partial charge is 0.268 e. The lowest BCUT2D eigenvalue weighted by atomic mass is 10.1. The number of carbonyl (C=O) groups is 1. The molecule has 3 heteroatoms. The molecule has 1 aliphatic rings. The first kappa shape index (κ1) is 12.7. The molecule has 102 valence electrons. The van der Waals surface area contributed by atoms with Gasteiger partial charge in [-0.05, 0) is 24.1 Å². The zero-order valence-electron chi connectivity index (χ0n) is 11.5. The average Bonchev–Trinajstić information content (AvgIpc) is 2.51. The van der Waals surface area contributed by atoms with Gasteiger partial charge in [0.05, 0.1) is 12.2 Å². The van der Waals surface area contributed by atoms with E-state index in [4.69, 9.17) is 4.74 Å². The highest BCUT2D eigenvalue weighted by molar-refractivity contribution is 5.99. The zero-order valence-corrected chi connectivity index (χ0v) is 11.5. The first-order valence-electron chi connectivity index (χ1n) is 6.90. The predicted molar refractivity (Wildman–Crippen MR) is 78.8 cm³/mol. The Bertz CT molecular complexity index is 609. The van der Waals surface area contributed by atoms with E-state index in [1.54, 1.807) is 0 Å². The first-order chi connectivity index (χ1) is 9.79. The summed E-state index contributed by atoms with van der Waals surface area (Å²) in [7, 11) is 0. The molecule has 0 saturated heterocycles. The number of hydrogen-bond acceptors (Lipinski definition) is 2. The molecular weight excluding hydrogens is 250 g/mol. The van der Waals surface area contributed by atoms with Crippen LogP contribution in [0.5, 0.6) is 5.75 Å². The Morgan fingerprint density at radius 1 is 1.05 bits per heavy atom. The topological polar surface area (TPSA) is 29.5 Å². The number of nitrogens with zero attached hydrogens (tertiary/aromatic N) is 1. The van der Waals surface area contributed by atoms with Gasteiger partial charge < -0.3 is 9.64 Å². The number of anilines is 1. The predicted octanol–water partition coefficient (Wildman–Crippen LogP) is 3.39. The summed E-state index contributed by atoms with van der Waals surface area (Å²) in [6.45, 7) is 2.55. The first-order valence-corrected chi connectivity index (χ1v) is 6.90. The Kier molecular flexibility index (Phi) is 3.42. The van der Waals surface area contributed by atoms with E-state index in [1.807, 2.05) is 66.4 Å². The van der Waals surface area contributed by atoms with Gasteiger partial charge in [0.2, 0.25) is 0 Å². The van der Waals surface area contributed by atoms with Gasteiger partial charge in [-0.15, -0.1) is 0 Å². The van der Waals surface area contributed by atoms with Gasteiger partial charge in [-0.25, -0.2) is 0 Å². The Morgan fingerprint density at radius 2 is 1.75 bits per heavy atom. The summed E-state index contributed by atoms with van der Waals surface area (Å²) in [5.41, 5.74) is 1.97. The SMILES string of the molecule is CCC1Oc2ccccc2N(Cc2ccccc2)C1=O. The van der Waals surface area contributed by atoms with E-state index in [2.05, 4.69) is 0 Å². The van der Waals surface area contributed by atoms with Crippen LogP contribution in [0.1, 0.15) is 18.9 Å². The van der Waals surface area contributed by atoms with Crippen LogP contribution in [0, 0.1) is 0 Å². The van der Waals surface area contributed by atoms with Gasteiger partial charge >= 0.3 is 0 Å². The van der Waals surface area contributed by atoms with Crippen molar-refractivity contribution in [2.24, 2.45) is 0 Å². The second kappa shape index (κ2) is 5.37. The Hall–Kier alpha value is -2.29.